The maximum atomic E-state index is 10.7. The molecule has 3 aromatic heterocycles. The van der Waals surface area contributed by atoms with E-state index in [0.29, 0.717) is 5.65 Å². The molecule has 2 aliphatic rings. The quantitative estimate of drug-likeness (QED) is 0.708. The summed E-state index contributed by atoms with van der Waals surface area (Å²) in [5.74, 6) is 0. The third kappa shape index (κ3) is 2.45. The number of pyridine rings is 1. The van der Waals surface area contributed by atoms with Crippen molar-refractivity contribution in [3.05, 3.63) is 60.1 Å². The molecule has 0 aromatic carbocycles. The van der Waals surface area contributed by atoms with Crippen molar-refractivity contribution in [1.29, 1.82) is 0 Å². The molecule has 8 heteroatoms. The van der Waals surface area contributed by atoms with Crippen LogP contribution in [-0.2, 0) is 9.47 Å². The first-order valence-electron chi connectivity index (χ1n) is 8.71. The average molecular weight is 366 g/mol. The van der Waals surface area contributed by atoms with Crippen LogP contribution in [0.5, 0.6) is 0 Å². The van der Waals surface area contributed by atoms with E-state index in [1.54, 1.807) is 29.4 Å². The molecule has 0 radical (unpaired) electrons. The Morgan fingerprint density at radius 3 is 2.93 bits per heavy atom. The Morgan fingerprint density at radius 1 is 1.15 bits per heavy atom. The number of aromatic nitrogens is 4. The maximum absolute atomic E-state index is 10.7. The second kappa shape index (κ2) is 6.12. The third-order valence-corrected chi connectivity index (χ3v) is 5.22. The first-order chi connectivity index (χ1) is 13.1. The molecule has 0 bridgehead atoms. The van der Waals surface area contributed by atoms with Crippen LogP contribution in [-0.4, -0.2) is 48.0 Å². The van der Waals surface area contributed by atoms with Gasteiger partial charge in [0.25, 0.3) is 0 Å². The smallest absolute Gasteiger partial charge is 0.164 e. The van der Waals surface area contributed by atoms with Gasteiger partial charge in [-0.25, -0.2) is 9.97 Å². The zero-order chi connectivity index (χ0) is 18.5. The molecule has 5 heterocycles. The topological polar surface area (TPSA) is 103 Å². The van der Waals surface area contributed by atoms with Crippen molar-refractivity contribution in [2.24, 2.45) is 0 Å². The second-order valence-electron chi connectivity index (χ2n) is 6.76. The van der Waals surface area contributed by atoms with Crippen LogP contribution in [0.1, 0.15) is 29.2 Å². The van der Waals surface area contributed by atoms with Crippen molar-refractivity contribution < 1.29 is 19.7 Å². The summed E-state index contributed by atoms with van der Waals surface area (Å²) in [6, 6.07) is 3.75. The first-order valence-corrected chi connectivity index (χ1v) is 8.71. The zero-order valence-corrected chi connectivity index (χ0v) is 14.5. The molecule has 27 heavy (non-hydrogen) atoms. The van der Waals surface area contributed by atoms with Crippen molar-refractivity contribution in [1.82, 2.24) is 19.5 Å². The molecular formula is C19H18N4O4. The van der Waals surface area contributed by atoms with Gasteiger partial charge < -0.3 is 24.3 Å². The van der Waals surface area contributed by atoms with Crippen LogP contribution in [0, 0.1) is 6.92 Å². The number of rotatable bonds is 2. The highest BCUT2D eigenvalue weighted by Gasteiger charge is 2.49. The van der Waals surface area contributed by atoms with Crippen molar-refractivity contribution in [3.8, 4) is 0 Å². The van der Waals surface area contributed by atoms with Gasteiger partial charge in [-0.15, -0.1) is 0 Å². The molecule has 5 rings (SSSR count). The van der Waals surface area contributed by atoms with E-state index in [2.05, 4.69) is 15.0 Å². The lowest BCUT2D eigenvalue weighted by atomic mass is 9.95. The highest BCUT2D eigenvalue weighted by molar-refractivity contribution is 5.78. The van der Waals surface area contributed by atoms with Crippen LogP contribution < -0.4 is 0 Å². The van der Waals surface area contributed by atoms with Gasteiger partial charge in [-0.05, 0) is 30.7 Å². The number of hydrogen-bond donors (Lipinski definition) is 2. The van der Waals surface area contributed by atoms with Crippen molar-refractivity contribution >= 4 is 17.1 Å². The van der Waals surface area contributed by atoms with Crippen molar-refractivity contribution in [2.75, 3.05) is 0 Å². The molecule has 138 valence electrons. The number of fused-ring (bicyclic) bond motifs is 2. The number of ether oxygens (including phenoxy) is 2. The monoisotopic (exact) mass is 366 g/mol. The number of hydrogen-bond acceptors (Lipinski definition) is 7. The summed E-state index contributed by atoms with van der Waals surface area (Å²) in [7, 11) is 0. The fourth-order valence-corrected chi connectivity index (χ4v) is 3.80. The molecule has 3 aromatic rings. The Hall–Kier alpha value is -2.81. The minimum atomic E-state index is -1.13. The molecular weight excluding hydrogens is 348 g/mol. The van der Waals surface area contributed by atoms with Gasteiger partial charge in [-0.2, -0.15) is 0 Å². The Bertz CT molecular complexity index is 1030. The minimum Gasteiger partial charge on any atom is -0.490 e. The van der Waals surface area contributed by atoms with E-state index in [9.17, 15) is 10.2 Å². The van der Waals surface area contributed by atoms with E-state index in [1.807, 2.05) is 25.1 Å². The van der Waals surface area contributed by atoms with E-state index >= 15 is 0 Å². The molecule has 2 N–H and O–H groups in total. The number of aryl methyl sites for hydroxylation is 1. The molecule has 0 unspecified atom stereocenters. The first kappa shape index (κ1) is 16.4. The summed E-state index contributed by atoms with van der Waals surface area (Å²) in [6.45, 7) is 1.89. The third-order valence-electron chi connectivity index (χ3n) is 5.22. The fourth-order valence-electron chi connectivity index (χ4n) is 3.80. The van der Waals surface area contributed by atoms with Crippen LogP contribution in [0.15, 0.2) is 43.3 Å². The summed E-state index contributed by atoms with van der Waals surface area (Å²) in [5.41, 5.74) is 3.24. The summed E-state index contributed by atoms with van der Waals surface area (Å²) < 4.78 is 13.5. The van der Waals surface area contributed by atoms with Gasteiger partial charge in [0, 0.05) is 29.5 Å². The summed E-state index contributed by atoms with van der Waals surface area (Å²) in [6.07, 6.45) is 5.70. The molecule has 1 fully saturated rings. The predicted octanol–water partition coefficient (Wildman–Crippen LogP) is 1.50. The predicted molar refractivity (Wildman–Crippen MR) is 95.3 cm³/mol. The molecule has 1 saturated heterocycles. The largest absolute Gasteiger partial charge is 0.490 e. The normalized spacial score (nSPS) is 29.7. The van der Waals surface area contributed by atoms with Gasteiger partial charge in [0.2, 0.25) is 0 Å². The molecule has 0 saturated carbocycles. The van der Waals surface area contributed by atoms with Crippen LogP contribution in [0.25, 0.3) is 17.1 Å². The minimum absolute atomic E-state index is 0.563. The van der Waals surface area contributed by atoms with Crippen LogP contribution in [0.4, 0.5) is 0 Å². The lowest BCUT2D eigenvalue weighted by Crippen LogP contribution is -2.36. The van der Waals surface area contributed by atoms with E-state index in [-0.39, 0.29) is 0 Å². The maximum Gasteiger partial charge on any atom is 0.164 e. The van der Waals surface area contributed by atoms with Gasteiger partial charge in [0.1, 0.15) is 30.3 Å². The second-order valence-corrected chi connectivity index (χ2v) is 6.76. The van der Waals surface area contributed by atoms with Crippen LogP contribution in [0.3, 0.4) is 0 Å². The Morgan fingerprint density at radius 2 is 2.04 bits per heavy atom. The van der Waals surface area contributed by atoms with Crippen LogP contribution >= 0.6 is 0 Å². The highest BCUT2D eigenvalue weighted by atomic mass is 16.6. The van der Waals surface area contributed by atoms with Crippen molar-refractivity contribution in [2.45, 2.75) is 37.6 Å². The van der Waals surface area contributed by atoms with Crippen molar-refractivity contribution in [3.63, 3.8) is 0 Å². The molecule has 0 amide bonds. The SMILES string of the molecule is Cc1ncnc2c1ccn2[C@@H]1O[C@H]([C@@H]2OC=Cc3ccncc32)[C@@H](O)[C@H]1O. The lowest BCUT2D eigenvalue weighted by Gasteiger charge is -2.28. The standard InChI is InChI=1S/C19H18N4O4/c1-10-12-3-6-23(18(12)22-9-21-10)19-15(25)14(24)17(27-19)16-13-8-20-5-2-11(13)4-7-26-16/h2-9,14-17,19,24-25H,1H3/t14-,15+,16+,17-,19+/m0/s1. The Balaban J connectivity index is 1.51. The molecule has 0 aliphatic carbocycles. The summed E-state index contributed by atoms with van der Waals surface area (Å²) >= 11 is 0. The lowest BCUT2D eigenvalue weighted by molar-refractivity contribution is -0.0891. The summed E-state index contributed by atoms with van der Waals surface area (Å²) in [4.78, 5) is 12.6. The molecule has 5 atom stereocenters. The average Bonchev–Trinajstić information content (AvgIpc) is 3.24. The van der Waals surface area contributed by atoms with Crippen LogP contribution in [0.2, 0.25) is 0 Å². The number of aliphatic hydroxyl groups is 2. The number of aliphatic hydroxyl groups excluding tert-OH is 2. The summed E-state index contributed by atoms with van der Waals surface area (Å²) in [5, 5.41) is 22.2. The fraction of sp³-hybridized carbons (Fsp3) is 0.316. The van der Waals surface area contributed by atoms with Gasteiger partial charge in [0.15, 0.2) is 12.3 Å². The molecule has 2 aliphatic heterocycles. The van der Waals surface area contributed by atoms with Gasteiger partial charge in [-0.3, -0.25) is 4.98 Å². The molecule has 0 spiro atoms. The zero-order valence-electron chi connectivity index (χ0n) is 14.5. The van der Waals surface area contributed by atoms with E-state index in [1.165, 1.54) is 6.33 Å². The Labute approximate surface area is 154 Å². The number of nitrogens with zero attached hydrogens (tertiary/aromatic N) is 4. The van der Waals surface area contributed by atoms with E-state index < -0.39 is 30.6 Å². The van der Waals surface area contributed by atoms with Gasteiger partial charge in [0.05, 0.1) is 12.0 Å². The molecule has 8 nitrogen and oxygen atoms in total. The highest BCUT2D eigenvalue weighted by Crippen LogP contribution is 2.41. The van der Waals surface area contributed by atoms with E-state index in [0.717, 1.165) is 22.2 Å². The van der Waals surface area contributed by atoms with Gasteiger partial charge in [-0.1, -0.05) is 0 Å². The Kier molecular flexibility index (Phi) is 3.71. The van der Waals surface area contributed by atoms with Gasteiger partial charge >= 0.3 is 0 Å². The van der Waals surface area contributed by atoms with E-state index in [4.69, 9.17) is 9.47 Å².